The van der Waals surface area contributed by atoms with E-state index >= 15 is 0 Å². The van der Waals surface area contributed by atoms with Crippen molar-refractivity contribution in [3.05, 3.63) is 0 Å². The molecule has 1 saturated heterocycles. The number of aliphatic hydroxyl groups is 1. The molecule has 2 nitrogen and oxygen atoms in total. The number of hydrogen-bond donors (Lipinski definition) is 1. The zero-order chi connectivity index (χ0) is 10.3. The summed E-state index contributed by atoms with van der Waals surface area (Å²) < 4.78 is 42.1. The van der Waals surface area contributed by atoms with Crippen LogP contribution >= 0.6 is 0 Å². The molecule has 1 fully saturated rings. The van der Waals surface area contributed by atoms with Gasteiger partial charge in [-0.1, -0.05) is 0 Å². The first-order chi connectivity index (χ1) is 5.72. The van der Waals surface area contributed by atoms with Gasteiger partial charge >= 0.3 is 6.18 Å². The van der Waals surface area contributed by atoms with Crippen LogP contribution in [0.4, 0.5) is 13.2 Å². The molecule has 1 rings (SSSR count). The summed E-state index contributed by atoms with van der Waals surface area (Å²) in [5.74, 6) is 0. The molecule has 5 heteroatoms. The summed E-state index contributed by atoms with van der Waals surface area (Å²) in [5.41, 5.74) is -3.13. The Morgan fingerprint density at radius 1 is 1.31 bits per heavy atom. The highest BCUT2D eigenvalue weighted by atomic mass is 19.4. The van der Waals surface area contributed by atoms with Crippen LogP contribution in [0.25, 0.3) is 0 Å². The summed E-state index contributed by atoms with van der Waals surface area (Å²) in [5, 5.41) is 8.83. The second-order valence-corrected chi connectivity index (χ2v) is 3.94. The maximum absolute atomic E-state index is 12.4. The van der Waals surface area contributed by atoms with Gasteiger partial charge in [0.1, 0.15) is 0 Å². The normalized spacial score (nSPS) is 41.1. The van der Waals surface area contributed by atoms with Gasteiger partial charge < -0.3 is 9.84 Å². The molecular formula is C8H13F3O2. The highest BCUT2D eigenvalue weighted by Gasteiger charge is 2.59. The molecule has 0 amide bonds. The molecule has 2 atom stereocenters. The third-order valence-electron chi connectivity index (χ3n) is 2.54. The molecule has 0 saturated carbocycles. The molecule has 0 spiro atoms. The van der Waals surface area contributed by atoms with Crippen LogP contribution in [-0.2, 0) is 4.74 Å². The Morgan fingerprint density at radius 3 is 2.08 bits per heavy atom. The zero-order valence-corrected chi connectivity index (χ0v) is 7.61. The minimum Gasteiger partial charge on any atom is -0.393 e. The topological polar surface area (TPSA) is 29.5 Å². The van der Waals surface area contributed by atoms with Crippen LogP contribution < -0.4 is 0 Å². The molecule has 0 aromatic rings. The Balaban J connectivity index is 2.78. The largest absolute Gasteiger partial charge is 0.417 e. The van der Waals surface area contributed by atoms with Gasteiger partial charge in [0, 0.05) is 0 Å². The van der Waals surface area contributed by atoms with Crippen molar-refractivity contribution in [3.63, 3.8) is 0 Å². The number of hydrogen-bond acceptors (Lipinski definition) is 2. The maximum atomic E-state index is 12.4. The van der Waals surface area contributed by atoms with Crippen LogP contribution in [0.3, 0.4) is 0 Å². The molecule has 1 aliphatic heterocycles. The van der Waals surface area contributed by atoms with Crippen molar-refractivity contribution in [3.8, 4) is 0 Å². The fourth-order valence-electron chi connectivity index (χ4n) is 1.46. The van der Waals surface area contributed by atoms with E-state index in [1.807, 2.05) is 0 Å². The van der Waals surface area contributed by atoms with Crippen LogP contribution in [0.2, 0.25) is 0 Å². The maximum Gasteiger partial charge on any atom is 0.417 e. The van der Waals surface area contributed by atoms with Gasteiger partial charge in [0.2, 0.25) is 0 Å². The van der Waals surface area contributed by atoms with Gasteiger partial charge in [-0.05, 0) is 26.7 Å². The minimum atomic E-state index is -4.36. The van der Waals surface area contributed by atoms with Crippen LogP contribution in [-0.4, -0.2) is 29.1 Å². The molecule has 0 aromatic carbocycles. The molecule has 0 bridgehead atoms. The third-order valence-corrected chi connectivity index (χ3v) is 2.54. The minimum absolute atomic E-state index is 0.0897. The molecular weight excluding hydrogens is 185 g/mol. The molecule has 1 heterocycles. The van der Waals surface area contributed by atoms with Gasteiger partial charge in [-0.2, -0.15) is 13.2 Å². The predicted octanol–water partition coefficient (Wildman–Crippen LogP) is 1.87. The van der Waals surface area contributed by atoms with Crippen molar-refractivity contribution in [2.24, 2.45) is 0 Å². The smallest absolute Gasteiger partial charge is 0.393 e. The number of halogens is 3. The Kier molecular flexibility index (Phi) is 2.37. The molecule has 1 aliphatic rings. The van der Waals surface area contributed by atoms with Gasteiger partial charge in [0.05, 0.1) is 12.2 Å². The van der Waals surface area contributed by atoms with E-state index in [9.17, 15) is 13.2 Å². The molecule has 0 aromatic heterocycles. The van der Waals surface area contributed by atoms with E-state index < -0.39 is 17.4 Å². The summed E-state index contributed by atoms with van der Waals surface area (Å²) in [4.78, 5) is 0. The van der Waals surface area contributed by atoms with Crippen LogP contribution in [0, 0.1) is 0 Å². The fraction of sp³-hybridized carbons (Fsp3) is 1.00. The number of rotatable bonds is 1. The average Bonchev–Trinajstić information content (AvgIpc) is 2.29. The summed E-state index contributed by atoms with van der Waals surface area (Å²) in [6.07, 6.45) is -4.22. The molecule has 78 valence electrons. The van der Waals surface area contributed by atoms with Crippen molar-refractivity contribution < 1.29 is 23.0 Å². The van der Waals surface area contributed by atoms with E-state index in [1.54, 1.807) is 0 Å². The van der Waals surface area contributed by atoms with Gasteiger partial charge in [0.25, 0.3) is 0 Å². The van der Waals surface area contributed by atoms with Crippen molar-refractivity contribution in [2.45, 2.75) is 44.1 Å². The third kappa shape index (κ3) is 1.81. The quantitative estimate of drug-likeness (QED) is 0.697. The Labute approximate surface area is 74.7 Å². The number of ether oxygens (including phenoxy) is 1. The van der Waals surface area contributed by atoms with Crippen molar-refractivity contribution in [1.82, 2.24) is 0 Å². The number of alkyl halides is 3. The predicted molar refractivity (Wildman–Crippen MR) is 40.3 cm³/mol. The van der Waals surface area contributed by atoms with Crippen LogP contribution in [0.1, 0.15) is 26.7 Å². The van der Waals surface area contributed by atoms with Gasteiger partial charge in [-0.15, -0.1) is 0 Å². The Morgan fingerprint density at radius 2 is 1.85 bits per heavy atom. The van der Waals surface area contributed by atoms with Gasteiger partial charge in [0.15, 0.2) is 5.60 Å². The first kappa shape index (κ1) is 10.8. The second kappa shape index (κ2) is 2.85. The van der Waals surface area contributed by atoms with Gasteiger partial charge in [-0.3, -0.25) is 0 Å². The van der Waals surface area contributed by atoms with E-state index in [1.165, 1.54) is 6.92 Å². The second-order valence-electron chi connectivity index (χ2n) is 3.94. The van der Waals surface area contributed by atoms with E-state index in [0.29, 0.717) is 0 Å². The molecule has 2 unspecified atom stereocenters. The summed E-state index contributed by atoms with van der Waals surface area (Å²) in [6.45, 7) is 2.14. The molecule has 13 heavy (non-hydrogen) atoms. The fourth-order valence-corrected chi connectivity index (χ4v) is 1.46. The number of aliphatic hydroxyl groups excluding tert-OH is 1. The average molecular weight is 198 g/mol. The van der Waals surface area contributed by atoms with E-state index in [2.05, 4.69) is 0 Å². The Hall–Kier alpha value is -0.290. The lowest BCUT2D eigenvalue weighted by atomic mass is 9.98. The lowest BCUT2D eigenvalue weighted by Crippen LogP contribution is -2.44. The van der Waals surface area contributed by atoms with Crippen LogP contribution in [0.15, 0.2) is 0 Å². The lowest BCUT2D eigenvalue weighted by molar-refractivity contribution is -0.279. The standard InChI is InChI=1S/C8H13F3O2/c1-6(5-12)3-4-7(2,13-6)8(9,10)11/h12H,3-5H2,1-2H3. The van der Waals surface area contributed by atoms with E-state index in [0.717, 1.165) is 6.92 Å². The highest BCUT2D eigenvalue weighted by molar-refractivity contribution is 4.96. The van der Waals surface area contributed by atoms with E-state index in [4.69, 9.17) is 9.84 Å². The monoisotopic (exact) mass is 198 g/mol. The summed E-state index contributed by atoms with van der Waals surface area (Å²) >= 11 is 0. The van der Waals surface area contributed by atoms with Crippen molar-refractivity contribution >= 4 is 0 Å². The molecule has 0 radical (unpaired) electrons. The first-order valence-electron chi connectivity index (χ1n) is 4.10. The summed E-state index contributed by atoms with van der Waals surface area (Å²) in [7, 11) is 0. The first-order valence-corrected chi connectivity index (χ1v) is 4.10. The molecule has 0 aliphatic carbocycles. The Bertz CT molecular complexity index is 204. The van der Waals surface area contributed by atoms with Crippen molar-refractivity contribution in [1.29, 1.82) is 0 Å². The van der Waals surface area contributed by atoms with Crippen molar-refractivity contribution in [2.75, 3.05) is 6.61 Å². The summed E-state index contributed by atoms with van der Waals surface area (Å²) in [6, 6.07) is 0. The van der Waals surface area contributed by atoms with E-state index in [-0.39, 0.29) is 19.4 Å². The van der Waals surface area contributed by atoms with Crippen LogP contribution in [0.5, 0.6) is 0 Å². The van der Waals surface area contributed by atoms with Gasteiger partial charge in [-0.25, -0.2) is 0 Å². The molecule has 1 N–H and O–H groups in total. The highest BCUT2D eigenvalue weighted by Crippen LogP contribution is 2.46. The lowest BCUT2D eigenvalue weighted by Gasteiger charge is -2.30. The zero-order valence-electron chi connectivity index (χ0n) is 7.61. The SMILES string of the molecule is CC1(CO)CCC(C)(C(F)(F)F)O1.